The summed E-state index contributed by atoms with van der Waals surface area (Å²) in [6.07, 6.45) is 2.08. The van der Waals surface area contributed by atoms with Gasteiger partial charge in [-0.15, -0.1) is 0 Å². The molecule has 8 nitrogen and oxygen atoms in total. The van der Waals surface area contributed by atoms with Crippen LogP contribution in [0.2, 0.25) is 0 Å². The predicted octanol–water partition coefficient (Wildman–Crippen LogP) is 1.11. The standard InChI is InChI=1S/C16H19N5O3/c1-10-7-13(24-18-10)15(22)21-8-11-12(9-21)19(2)17-14(11)16(23)20-5-3-4-6-20/h7H,3-6,8-9H2,1-2H3. The van der Waals surface area contributed by atoms with Crippen LogP contribution < -0.4 is 0 Å². The molecule has 0 aromatic carbocycles. The van der Waals surface area contributed by atoms with E-state index in [0.29, 0.717) is 24.5 Å². The molecule has 1 saturated heterocycles. The lowest BCUT2D eigenvalue weighted by Crippen LogP contribution is -2.30. The third-order valence-corrected chi connectivity index (χ3v) is 4.69. The summed E-state index contributed by atoms with van der Waals surface area (Å²) in [5.41, 5.74) is 2.89. The number of amides is 2. The predicted molar refractivity (Wildman–Crippen MR) is 83.2 cm³/mol. The normalized spacial score (nSPS) is 16.8. The Balaban J connectivity index is 1.59. The van der Waals surface area contributed by atoms with E-state index < -0.39 is 0 Å². The van der Waals surface area contributed by atoms with Gasteiger partial charge in [-0.3, -0.25) is 14.3 Å². The van der Waals surface area contributed by atoms with Gasteiger partial charge < -0.3 is 14.3 Å². The SMILES string of the molecule is Cc1cc(C(=O)N2Cc3c(C(=O)N4CCCC4)nn(C)c3C2)on1. The molecule has 1 fully saturated rings. The van der Waals surface area contributed by atoms with E-state index >= 15 is 0 Å². The van der Waals surface area contributed by atoms with Gasteiger partial charge in [0.2, 0.25) is 5.76 Å². The molecular weight excluding hydrogens is 310 g/mol. The molecule has 0 saturated carbocycles. The third-order valence-electron chi connectivity index (χ3n) is 4.69. The van der Waals surface area contributed by atoms with Crippen molar-refractivity contribution in [2.75, 3.05) is 13.1 Å². The first-order chi connectivity index (χ1) is 11.5. The van der Waals surface area contributed by atoms with Crippen LogP contribution in [0.5, 0.6) is 0 Å². The largest absolute Gasteiger partial charge is 0.351 e. The molecule has 0 radical (unpaired) electrons. The summed E-state index contributed by atoms with van der Waals surface area (Å²) >= 11 is 0. The fraction of sp³-hybridized carbons (Fsp3) is 0.500. The van der Waals surface area contributed by atoms with Crippen LogP contribution >= 0.6 is 0 Å². The molecule has 0 bridgehead atoms. The van der Waals surface area contributed by atoms with Crippen LogP contribution in [0.4, 0.5) is 0 Å². The van der Waals surface area contributed by atoms with Crippen LogP contribution in [0.3, 0.4) is 0 Å². The summed E-state index contributed by atoms with van der Waals surface area (Å²) in [5.74, 6) is -0.0267. The number of carbonyl (C=O) groups excluding carboxylic acids is 2. The van der Waals surface area contributed by atoms with Gasteiger partial charge in [0.05, 0.1) is 24.5 Å². The number of rotatable bonds is 2. The van der Waals surface area contributed by atoms with Crippen molar-refractivity contribution in [1.29, 1.82) is 0 Å². The van der Waals surface area contributed by atoms with Crippen molar-refractivity contribution in [3.8, 4) is 0 Å². The van der Waals surface area contributed by atoms with Crippen LogP contribution in [-0.2, 0) is 20.1 Å². The van der Waals surface area contributed by atoms with Crippen molar-refractivity contribution in [1.82, 2.24) is 24.7 Å². The molecule has 2 amide bonds. The molecule has 126 valence electrons. The van der Waals surface area contributed by atoms with Gasteiger partial charge in [0, 0.05) is 31.8 Å². The van der Waals surface area contributed by atoms with Crippen molar-refractivity contribution in [3.63, 3.8) is 0 Å². The minimum Gasteiger partial charge on any atom is -0.351 e. The molecule has 4 heterocycles. The molecule has 0 spiro atoms. The monoisotopic (exact) mass is 329 g/mol. The second-order valence-corrected chi connectivity index (χ2v) is 6.39. The quantitative estimate of drug-likeness (QED) is 0.824. The van der Waals surface area contributed by atoms with Crippen molar-refractivity contribution in [3.05, 3.63) is 34.5 Å². The van der Waals surface area contributed by atoms with E-state index in [1.54, 1.807) is 22.6 Å². The first-order valence-electron chi connectivity index (χ1n) is 8.11. The summed E-state index contributed by atoms with van der Waals surface area (Å²) in [4.78, 5) is 28.7. The van der Waals surface area contributed by atoms with E-state index in [0.717, 1.165) is 37.2 Å². The number of fused-ring (bicyclic) bond motifs is 1. The maximum absolute atomic E-state index is 12.7. The van der Waals surface area contributed by atoms with E-state index in [2.05, 4.69) is 10.3 Å². The first-order valence-corrected chi connectivity index (χ1v) is 8.11. The number of aryl methyl sites for hydroxylation is 2. The molecule has 2 aromatic rings. The Bertz CT molecular complexity index is 816. The highest BCUT2D eigenvalue weighted by Gasteiger charge is 2.35. The van der Waals surface area contributed by atoms with Crippen LogP contribution in [0.15, 0.2) is 10.6 Å². The van der Waals surface area contributed by atoms with Gasteiger partial charge >= 0.3 is 0 Å². The summed E-state index contributed by atoms with van der Waals surface area (Å²) in [6, 6.07) is 1.62. The van der Waals surface area contributed by atoms with Gasteiger partial charge in [-0.2, -0.15) is 5.10 Å². The minimum absolute atomic E-state index is 0.0332. The van der Waals surface area contributed by atoms with Gasteiger partial charge in [-0.05, 0) is 19.8 Å². The smallest absolute Gasteiger partial charge is 0.293 e. The Morgan fingerprint density at radius 3 is 2.54 bits per heavy atom. The highest BCUT2D eigenvalue weighted by atomic mass is 16.5. The first kappa shape index (κ1) is 14.9. The van der Waals surface area contributed by atoms with Gasteiger partial charge in [0.15, 0.2) is 5.69 Å². The lowest BCUT2D eigenvalue weighted by atomic mass is 10.2. The molecule has 0 N–H and O–H groups in total. The lowest BCUT2D eigenvalue weighted by Gasteiger charge is -2.16. The van der Waals surface area contributed by atoms with E-state index in [9.17, 15) is 9.59 Å². The Hall–Kier alpha value is -2.64. The van der Waals surface area contributed by atoms with Crippen LogP contribution in [0.1, 0.15) is 50.8 Å². The number of carbonyl (C=O) groups is 2. The molecular formula is C16H19N5O3. The zero-order valence-corrected chi connectivity index (χ0v) is 13.8. The van der Waals surface area contributed by atoms with E-state index in [1.807, 2.05) is 11.9 Å². The zero-order chi connectivity index (χ0) is 16.8. The third kappa shape index (κ3) is 2.29. The molecule has 2 aromatic heterocycles. The molecule has 0 atom stereocenters. The maximum Gasteiger partial charge on any atom is 0.293 e. The molecule has 0 unspecified atom stereocenters. The summed E-state index contributed by atoms with van der Waals surface area (Å²) in [6.45, 7) is 4.13. The van der Waals surface area contributed by atoms with Crippen LogP contribution in [0, 0.1) is 6.92 Å². The molecule has 4 rings (SSSR count). The summed E-state index contributed by atoms with van der Waals surface area (Å²) in [5, 5.41) is 8.16. The Morgan fingerprint density at radius 1 is 1.12 bits per heavy atom. The number of likely N-dealkylation sites (tertiary alicyclic amines) is 1. The lowest BCUT2D eigenvalue weighted by molar-refractivity contribution is 0.0699. The summed E-state index contributed by atoms with van der Waals surface area (Å²) in [7, 11) is 1.81. The van der Waals surface area contributed by atoms with Crippen molar-refractivity contribution < 1.29 is 14.1 Å². The van der Waals surface area contributed by atoms with Crippen molar-refractivity contribution >= 4 is 11.8 Å². The van der Waals surface area contributed by atoms with E-state index in [1.165, 1.54) is 0 Å². The fourth-order valence-corrected chi connectivity index (χ4v) is 3.40. The average molecular weight is 329 g/mol. The van der Waals surface area contributed by atoms with Gasteiger partial charge in [0.25, 0.3) is 11.8 Å². The highest BCUT2D eigenvalue weighted by molar-refractivity contribution is 5.95. The van der Waals surface area contributed by atoms with Crippen LogP contribution in [0.25, 0.3) is 0 Å². The van der Waals surface area contributed by atoms with Gasteiger partial charge in [0.1, 0.15) is 0 Å². The van der Waals surface area contributed by atoms with Gasteiger partial charge in [-0.25, -0.2) is 0 Å². The number of nitrogens with zero attached hydrogens (tertiary/aromatic N) is 5. The fourth-order valence-electron chi connectivity index (χ4n) is 3.40. The second kappa shape index (κ2) is 5.47. The average Bonchev–Trinajstić information content (AvgIpc) is 3.32. The zero-order valence-electron chi connectivity index (χ0n) is 13.8. The second-order valence-electron chi connectivity index (χ2n) is 6.39. The molecule has 2 aliphatic heterocycles. The van der Waals surface area contributed by atoms with Crippen molar-refractivity contribution in [2.45, 2.75) is 32.9 Å². The number of aromatic nitrogens is 3. The molecule has 24 heavy (non-hydrogen) atoms. The van der Waals surface area contributed by atoms with Crippen molar-refractivity contribution in [2.24, 2.45) is 7.05 Å². The molecule has 0 aliphatic carbocycles. The number of hydrogen-bond donors (Lipinski definition) is 0. The topological polar surface area (TPSA) is 84.5 Å². The molecule has 8 heteroatoms. The number of hydrogen-bond acceptors (Lipinski definition) is 5. The molecule has 2 aliphatic rings. The van der Waals surface area contributed by atoms with Gasteiger partial charge in [-0.1, -0.05) is 5.16 Å². The van der Waals surface area contributed by atoms with Crippen LogP contribution in [-0.4, -0.2) is 49.6 Å². The summed E-state index contributed by atoms with van der Waals surface area (Å²) < 4.78 is 6.77. The Kier molecular flexibility index (Phi) is 3.40. The van der Waals surface area contributed by atoms with E-state index in [4.69, 9.17) is 4.52 Å². The maximum atomic E-state index is 12.7. The minimum atomic E-state index is -0.216. The Morgan fingerprint density at radius 2 is 1.88 bits per heavy atom. The highest BCUT2D eigenvalue weighted by Crippen LogP contribution is 2.28. The Labute approximate surface area is 139 Å². The van der Waals surface area contributed by atoms with E-state index in [-0.39, 0.29) is 17.6 Å².